The molecule has 0 aliphatic rings. The van der Waals surface area contributed by atoms with Crippen LogP contribution in [0.5, 0.6) is 0 Å². The number of hydrogen-bond donors (Lipinski definition) is 2. The average Bonchev–Trinajstić information content (AvgIpc) is 2.84. The van der Waals surface area contributed by atoms with E-state index in [2.05, 4.69) is 20.6 Å². The fourth-order valence-electron chi connectivity index (χ4n) is 3.76. The van der Waals surface area contributed by atoms with Gasteiger partial charge in [-0.2, -0.15) is 0 Å². The summed E-state index contributed by atoms with van der Waals surface area (Å²) in [5.74, 6) is 0.392. The molecule has 0 bridgehead atoms. The largest absolute Gasteiger partial charge is 0.467 e. The zero-order valence-corrected chi connectivity index (χ0v) is 18.8. The van der Waals surface area contributed by atoms with E-state index in [0.717, 1.165) is 21.7 Å². The normalized spacial score (nSPS) is 12.0. The van der Waals surface area contributed by atoms with E-state index in [-0.39, 0.29) is 24.3 Å². The zero-order valence-electron chi connectivity index (χ0n) is 18.8. The van der Waals surface area contributed by atoms with Crippen LogP contribution in [0.1, 0.15) is 30.0 Å². The summed E-state index contributed by atoms with van der Waals surface area (Å²) in [6.07, 6.45) is 0. The second-order valence-corrected chi connectivity index (χ2v) is 8.10. The van der Waals surface area contributed by atoms with Crippen LogP contribution >= 0.6 is 0 Å². The van der Waals surface area contributed by atoms with Gasteiger partial charge in [-0.1, -0.05) is 62.4 Å². The molecule has 1 atom stereocenters. The Morgan fingerprint density at radius 3 is 2.36 bits per heavy atom. The minimum atomic E-state index is -0.563. The first-order chi connectivity index (χ1) is 16.0. The van der Waals surface area contributed by atoms with E-state index in [0.29, 0.717) is 17.2 Å². The molecule has 2 N–H and O–H groups in total. The summed E-state index contributed by atoms with van der Waals surface area (Å²) in [5, 5.41) is 8.82. The van der Waals surface area contributed by atoms with Crippen LogP contribution in [0.4, 0.5) is 5.82 Å². The molecule has 1 aromatic heterocycles. The maximum absolute atomic E-state index is 12.9. The number of aromatic nitrogens is 2. The van der Waals surface area contributed by atoms with Crippen LogP contribution in [0.2, 0.25) is 0 Å². The van der Waals surface area contributed by atoms with Crippen LogP contribution in [-0.4, -0.2) is 35.0 Å². The lowest BCUT2D eigenvalue weighted by Crippen LogP contribution is -2.36. The van der Waals surface area contributed by atoms with Gasteiger partial charge in [-0.15, -0.1) is 0 Å². The van der Waals surface area contributed by atoms with Gasteiger partial charge >= 0.3 is 5.97 Å². The lowest BCUT2D eigenvalue weighted by molar-refractivity contribution is -0.142. The number of fused-ring (bicyclic) bond motifs is 2. The first kappa shape index (κ1) is 22.2. The zero-order chi connectivity index (χ0) is 23.4. The van der Waals surface area contributed by atoms with Crippen molar-refractivity contribution in [3.05, 3.63) is 78.1 Å². The van der Waals surface area contributed by atoms with Gasteiger partial charge in [-0.05, 0) is 34.9 Å². The number of carbonyl (C=O) groups is 2. The predicted molar refractivity (Wildman–Crippen MR) is 129 cm³/mol. The second-order valence-electron chi connectivity index (χ2n) is 8.10. The van der Waals surface area contributed by atoms with Gasteiger partial charge in [-0.25, -0.2) is 14.8 Å². The van der Waals surface area contributed by atoms with E-state index in [1.54, 1.807) is 6.07 Å². The van der Waals surface area contributed by atoms with E-state index >= 15 is 0 Å². The maximum Gasteiger partial charge on any atom is 0.328 e. The summed E-state index contributed by atoms with van der Waals surface area (Å²) >= 11 is 0. The topological polar surface area (TPSA) is 93.2 Å². The molecule has 0 unspecified atom stereocenters. The van der Waals surface area contributed by atoms with Gasteiger partial charge in [0.15, 0.2) is 5.82 Å². The molecule has 4 aromatic rings. The van der Waals surface area contributed by atoms with Crippen LogP contribution in [0.15, 0.2) is 66.7 Å². The van der Waals surface area contributed by atoms with Gasteiger partial charge in [0, 0.05) is 10.9 Å². The van der Waals surface area contributed by atoms with Crippen molar-refractivity contribution in [1.29, 1.82) is 0 Å². The third-order valence-electron chi connectivity index (χ3n) is 5.50. The van der Waals surface area contributed by atoms with Gasteiger partial charge in [0.05, 0.1) is 19.2 Å². The Labute approximate surface area is 192 Å². The Bertz CT molecular complexity index is 1310. The SMILES string of the molecule is COC(=O)[C@@H](Nc1nc(CNC(=O)c2cccc3ccccc23)nc2ccccc12)C(C)C. The molecule has 7 nitrogen and oxygen atoms in total. The number of anilines is 1. The minimum Gasteiger partial charge on any atom is -0.467 e. The van der Waals surface area contributed by atoms with Gasteiger partial charge in [0.1, 0.15) is 11.9 Å². The van der Waals surface area contributed by atoms with Crippen molar-refractivity contribution in [3.8, 4) is 0 Å². The molecule has 0 radical (unpaired) electrons. The number of hydrogen-bond acceptors (Lipinski definition) is 6. The molecule has 168 valence electrons. The van der Waals surface area contributed by atoms with Crippen LogP contribution in [0.25, 0.3) is 21.7 Å². The quantitative estimate of drug-likeness (QED) is 0.414. The van der Waals surface area contributed by atoms with Gasteiger partial charge in [0.25, 0.3) is 5.91 Å². The Balaban J connectivity index is 1.62. The lowest BCUT2D eigenvalue weighted by Gasteiger charge is -2.21. The number of methoxy groups -OCH3 is 1. The number of esters is 1. The van der Waals surface area contributed by atoms with Crippen molar-refractivity contribution in [1.82, 2.24) is 15.3 Å². The van der Waals surface area contributed by atoms with Crippen LogP contribution in [-0.2, 0) is 16.1 Å². The van der Waals surface area contributed by atoms with Gasteiger partial charge < -0.3 is 15.4 Å². The molecule has 0 spiro atoms. The van der Waals surface area contributed by atoms with Crippen molar-refractivity contribution < 1.29 is 14.3 Å². The smallest absolute Gasteiger partial charge is 0.328 e. The van der Waals surface area contributed by atoms with E-state index in [4.69, 9.17) is 4.74 Å². The molecular formula is C26H26N4O3. The monoisotopic (exact) mass is 442 g/mol. The highest BCUT2D eigenvalue weighted by Gasteiger charge is 2.24. The summed E-state index contributed by atoms with van der Waals surface area (Å²) in [5.41, 5.74) is 1.31. The number of para-hydroxylation sites is 1. The number of benzene rings is 3. The van der Waals surface area contributed by atoms with Crippen molar-refractivity contribution in [3.63, 3.8) is 0 Å². The molecular weight excluding hydrogens is 416 g/mol. The number of amides is 1. The summed E-state index contributed by atoms with van der Waals surface area (Å²) in [4.78, 5) is 34.4. The highest BCUT2D eigenvalue weighted by Crippen LogP contribution is 2.23. The summed E-state index contributed by atoms with van der Waals surface area (Å²) in [7, 11) is 1.37. The third-order valence-corrected chi connectivity index (χ3v) is 5.50. The van der Waals surface area contributed by atoms with Crippen LogP contribution in [0.3, 0.4) is 0 Å². The van der Waals surface area contributed by atoms with Crippen molar-refractivity contribution in [2.45, 2.75) is 26.4 Å². The van der Waals surface area contributed by atoms with E-state index in [9.17, 15) is 9.59 Å². The number of nitrogens with one attached hydrogen (secondary N) is 2. The minimum absolute atomic E-state index is 0.0132. The van der Waals surface area contributed by atoms with Gasteiger partial charge in [0.2, 0.25) is 0 Å². The Hall–Kier alpha value is -4.00. The molecule has 3 aromatic carbocycles. The molecule has 4 rings (SSSR count). The molecule has 1 amide bonds. The summed E-state index contributed by atoms with van der Waals surface area (Å²) < 4.78 is 4.95. The van der Waals surface area contributed by atoms with Crippen LogP contribution < -0.4 is 10.6 Å². The Kier molecular flexibility index (Phi) is 6.49. The number of carbonyl (C=O) groups excluding carboxylic acids is 2. The number of ether oxygens (including phenoxy) is 1. The fourth-order valence-corrected chi connectivity index (χ4v) is 3.76. The Morgan fingerprint density at radius 1 is 0.909 bits per heavy atom. The molecule has 33 heavy (non-hydrogen) atoms. The van der Waals surface area contributed by atoms with Crippen molar-refractivity contribution >= 4 is 39.4 Å². The van der Waals surface area contributed by atoms with E-state index < -0.39 is 6.04 Å². The first-order valence-electron chi connectivity index (χ1n) is 10.8. The van der Waals surface area contributed by atoms with Gasteiger partial charge in [-0.3, -0.25) is 4.79 Å². The summed E-state index contributed by atoms with van der Waals surface area (Å²) in [6.45, 7) is 4.01. The molecule has 0 aliphatic carbocycles. The predicted octanol–water partition coefficient (Wildman–Crippen LogP) is 4.32. The highest BCUT2D eigenvalue weighted by molar-refractivity contribution is 6.07. The average molecular weight is 443 g/mol. The molecule has 7 heteroatoms. The maximum atomic E-state index is 12.9. The first-order valence-corrected chi connectivity index (χ1v) is 10.8. The third kappa shape index (κ3) is 4.77. The molecule has 0 saturated heterocycles. The van der Waals surface area contributed by atoms with E-state index in [1.165, 1.54) is 7.11 Å². The highest BCUT2D eigenvalue weighted by atomic mass is 16.5. The standard InChI is InChI=1S/C26H26N4O3/c1-16(2)23(26(32)33-3)30-24-20-12-6-7-14-21(20)28-22(29-24)15-27-25(31)19-13-8-10-17-9-4-5-11-18(17)19/h4-14,16,23H,15H2,1-3H3,(H,27,31)(H,28,29,30)/t23-/m0/s1. The summed E-state index contributed by atoms with van der Waals surface area (Å²) in [6, 6.07) is 20.4. The second kappa shape index (κ2) is 9.65. The molecule has 0 aliphatic heterocycles. The van der Waals surface area contributed by atoms with Crippen molar-refractivity contribution in [2.75, 3.05) is 12.4 Å². The number of rotatable bonds is 7. The van der Waals surface area contributed by atoms with Crippen molar-refractivity contribution in [2.24, 2.45) is 5.92 Å². The number of nitrogens with zero attached hydrogens (tertiary/aromatic N) is 2. The fraction of sp³-hybridized carbons (Fsp3) is 0.231. The van der Waals surface area contributed by atoms with Crippen LogP contribution in [0, 0.1) is 5.92 Å². The lowest BCUT2D eigenvalue weighted by atomic mass is 10.0. The molecule has 0 saturated carbocycles. The Morgan fingerprint density at radius 2 is 1.61 bits per heavy atom. The van der Waals surface area contributed by atoms with E-state index in [1.807, 2.05) is 74.5 Å². The molecule has 0 fully saturated rings. The molecule has 1 heterocycles.